The van der Waals surface area contributed by atoms with E-state index in [0.717, 1.165) is 47.8 Å². The number of aromatic nitrogens is 1. The average Bonchev–Trinajstić information content (AvgIpc) is 3.83. The highest BCUT2D eigenvalue weighted by Crippen LogP contribution is 2.47. The van der Waals surface area contributed by atoms with Crippen molar-refractivity contribution in [1.82, 2.24) is 14.8 Å². The molecule has 4 fully saturated rings. The number of amides is 1. The van der Waals surface area contributed by atoms with Gasteiger partial charge in [-0.05, 0) is 107 Å². The molecule has 4 heterocycles. The molecule has 0 radical (unpaired) electrons. The van der Waals surface area contributed by atoms with E-state index in [-0.39, 0.29) is 48.9 Å². The lowest BCUT2D eigenvalue weighted by molar-refractivity contribution is 0.0239. The molecular formula is C41H48FN5O5. The lowest BCUT2D eigenvalue weighted by Gasteiger charge is -2.38. The molecular weight excluding hydrogens is 661 g/mol. The van der Waals surface area contributed by atoms with Crippen LogP contribution in [0.1, 0.15) is 57.6 Å². The van der Waals surface area contributed by atoms with Crippen molar-refractivity contribution in [2.24, 2.45) is 5.92 Å². The summed E-state index contributed by atoms with van der Waals surface area (Å²) in [5.74, 6) is 0.653. The molecule has 4 aromatic rings. The molecule has 4 atom stereocenters. The summed E-state index contributed by atoms with van der Waals surface area (Å²) in [5.41, 5.74) is 2.82. The number of ether oxygens (including phenoxy) is 4. The molecule has 8 rings (SSSR count). The number of nitriles is 1. The summed E-state index contributed by atoms with van der Waals surface area (Å²) in [6.45, 7) is 9.66. The fraction of sp³-hybridized carbons (Fsp3) is 0.488. The first-order valence-corrected chi connectivity index (χ1v) is 18.2. The van der Waals surface area contributed by atoms with Crippen LogP contribution in [-0.2, 0) is 15.9 Å². The lowest BCUT2D eigenvalue weighted by Crippen LogP contribution is -2.50. The van der Waals surface area contributed by atoms with E-state index < -0.39 is 11.4 Å². The highest BCUT2D eigenvalue weighted by Gasteiger charge is 2.55. The van der Waals surface area contributed by atoms with Crippen LogP contribution < -0.4 is 14.8 Å². The maximum absolute atomic E-state index is 17.6. The van der Waals surface area contributed by atoms with E-state index in [9.17, 15) is 10.1 Å². The van der Waals surface area contributed by atoms with Gasteiger partial charge in [-0.2, -0.15) is 5.26 Å². The van der Waals surface area contributed by atoms with E-state index >= 15 is 4.39 Å². The SMILES string of the molecule is COCOc1cc(-c2c(CCC#N)cc3c(NC4C5CC4N(C(=O)OC(C)(C)C)C5)c(C)c(OC[C@@H]4CCCN4C)nc3c2F)c2ccccc2c1. The number of anilines is 1. The molecule has 3 aromatic carbocycles. The van der Waals surface area contributed by atoms with Crippen LogP contribution >= 0.6 is 0 Å². The largest absolute Gasteiger partial charge is 0.476 e. The average molecular weight is 710 g/mol. The number of nitrogens with one attached hydrogen (secondary N) is 1. The molecule has 11 heteroatoms. The quantitative estimate of drug-likeness (QED) is 0.156. The standard InChI is InChI=1S/C41H48FN5O5/c1-24-36(44-37-27-19-33(37)47(21-27)40(48)52-41(2,3)4)32-18-26(12-9-15-43)34(31-20-29(51-23-49-6)17-25-11-7-8-14-30(25)31)35(42)38(32)45-39(24)50-22-28-13-10-16-46(28)5/h7-8,11,14,17-18,20,27-28,33,37H,9-10,12-13,16,19,21-23H2,1-6H3,(H,44,45)/t27?,28-,33?,37?/m0/s1. The normalized spacial score (nSPS) is 21.3. The molecule has 1 N–H and O–H groups in total. The molecule has 0 spiro atoms. The Hall–Kier alpha value is -4.66. The minimum atomic E-state index is -0.597. The van der Waals surface area contributed by atoms with Crippen LogP contribution in [0.2, 0.25) is 0 Å². The van der Waals surface area contributed by atoms with Gasteiger partial charge in [0, 0.05) is 48.5 Å². The van der Waals surface area contributed by atoms with Crippen LogP contribution in [0, 0.1) is 30.0 Å². The Morgan fingerprint density at radius 2 is 1.96 bits per heavy atom. The van der Waals surface area contributed by atoms with Crippen LogP contribution in [0.5, 0.6) is 11.6 Å². The van der Waals surface area contributed by atoms with Gasteiger partial charge in [0.2, 0.25) is 5.88 Å². The predicted octanol–water partition coefficient (Wildman–Crippen LogP) is 7.83. The molecule has 1 aromatic heterocycles. The van der Waals surface area contributed by atoms with Crippen molar-refractivity contribution < 1.29 is 28.1 Å². The Morgan fingerprint density at radius 3 is 2.69 bits per heavy atom. The number of pyridine rings is 1. The van der Waals surface area contributed by atoms with Gasteiger partial charge in [-0.25, -0.2) is 14.2 Å². The summed E-state index contributed by atoms with van der Waals surface area (Å²) >= 11 is 0. The molecule has 2 bridgehead atoms. The summed E-state index contributed by atoms with van der Waals surface area (Å²) in [4.78, 5) is 22.2. The van der Waals surface area contributed by atoms with Gasteiger partial charge in [0.25, 0.3) is 0 Å². The number of likely N-dealkylation sites (tertiary alicyclic amines) is 1. The highest BCUT2D eigenvalue weighted by atomic mass is 19.1. The Labute approximate surface area is 304 Å². The molecule has 1 amide bonds. The van der Waals surface area contributed by atoms with E-state index in [2.05, 4.69) is 23.3 Å². The second-order valence-corrected chi connectivity index (χ2v) is 15.4. The van der Waals surface area contributed by atoms with Crippen LogP contribution in [0.4, 0.5) is 14.9 Å². The molecule has 1 aliphatic carbocycles. The van der Waals surface area contributed by atoms with E-state index in [4.69, 9.17) is 23.9 Å². The predicted molar refractivity (Wildman–Crippen MR) is 199 cm³/mol. The molecule has 1 saturated carbocycles. The third-order valence-corrected chi connectivity index (χ3v) is 10.8. The van der Waals surface area contributed by atoms with Crippen LogP contribution in [0.15, 0.2) is 42.5 Å². The fourth-order valence-electron chi connectivity index (χ4n) is 8.09. The third-order valence-electron chi connectivity index (χ3n) is 10.8. The molecule has 4 aliphatic rings. The molecule has 3 unspecified atom stereocenters. The van der Waals surface area contributed by atoms with Gasteiger partial charge in [-0.15, -0.1) is 0 Å². The van der Waals surface area contributed by atoms with Crippen molar-refractivity contribution >= 4 is 33.5 Å². The Morgan fingerprint density at radius 1 is 1.15 bits per heavy atom. The van der Waals surface area contributed by atoms with E-state index in [1.807, 2.05) is 75.1 Å². The maximum Gasteiger partial charge on any atom is 0.410 e. The van der Waals surface area contributed by atoms with Gasteiger partial charge >= 0.3 is 6.09 Å². The van der Waals surface area contributed by atoms with Gasteiger partial charge in [-0.3, -0.25) is 0 Å². The summed E-state index contributed by atoms with van der Waals surface area (Å²) in [6, 6.07) is 15.9. The van der Waals surface area contributed by atoms with Crippen molar-refractivity contribution in [1.29, 1.82) is 5.26 Å². The second kappa shape index (κ2) is 14.4. The zero-order valence-corrected chi connectivity index (χ0v) is 30.9. The first-order chi connectivity index (χ1) is 25.0. The number of halogens is 1. The number of hydrogen-bond donors (Lipinski definition) is 1. The van der Waals surface area contributed by atoms with Crippen molar-refractivity contribution in [2.45, 2.75) is 83.5 Å². The van der Waals surface area contributed by atoms with Gasteiger partial charge in [-0.1, -0.05) is 24.3 Å². The number of hydrogen-bond acceptors (Lipinski definition) is 9. The van der Waals surface area contributed by atoms with Gasteiger partial charge in [0.15, 0.2) is 12.6 Å². The molecule has 274 valence electrons. The molecule has 3 saturated heterocycles. The number of nitrogens with zero attached hydrogens (tertiary/aromatic N) is 4. The lowest BCUT2D eigenvalue weighted by atomic mass is 9.79. The Bertz CT molecular complexity index is 2040. The number of aryl methyl sites for hydroxylation is 1. The molecule has 52 heavy (non-hydrogen) atoms. The number of fused-ring (bicyclic) bond motifs is 3. The number of rotatable bonds is 11. The minimum absolute atomic E-state index is 0.0422. The Balaban J connectivity index is 1.37. The van der Waals surface area contributed by atoms with E-state index in [0.29, 0.717) is 53.3 Å². The third kappa shape index (κ3) is 6.82. The minimum Gasteiger partial charge on any atom is -0.476 e. The first kappa shape index (κ1) is 35.7. The van der Waals surface area contributed by atoms with Gasteiger partial charge < -0.3 is 34.1 Å². The summed E-state index contributed by atoms with van der Waals surface area (Å²) in [6.07, 6.45) is 3.22. The van der Waals surface area contributed by atoms with E-state index in [1.54, 1.807) is 7.11 Å². The summed E-state index contributed by atoms with van der Waals surface area (Å²) in [7, 11) is 3.65. The number of benzene rings is 3. The maximum atomic E-state index is 17.6. The van der Waals surface area contributed by atoms with Crippen molar-refractivity contribution in [3.8, 4) is 28.8 Å². The van der Waals surface area contributed by atoms with Crippen molar-refractivity contribution in [2.75, 3.05) is 46.0 Å². The van der Waals surface area contributed by atoms with Gasteiger partial charge in [0.1, 0.15) is 23.5 Å². The smallest absolute Gasteiger partial charge is 0.410 e. The zero-order valence-electron chi connectivity index (χ0n) is 30.9. The van der Waals surface area contributed by atoms with Crippen LogP contribution in [0.3, 0.4) is 0 Å². The van der Waals surface area contributed by atoms with Crippen molar-refractivity contribution in [3.63, 3.8) is 0 Å². The number of carbonyl (C=O) groups is 1. The fourth-order valence-corrected chi connectivity index (χ4v) is 8.09. The van der Waals surface area contributed by atoms with E-state index in [1.165, 1.54) is 0 Å². The number of methoxy groups -OCH3 is 1. The number of likely N-dealkylation sites (N-methyl/N-ethyl adjacent to an activating group) is 1. The van der Waals surface area contributed by atoms with Crippen molar-refractivity contribution in [3.05, 3.63) is 59.4 Å². The van der Waals surface area contributed by atoms with Crippen LogP contribution in [0.25, 0.3) is 32.8 Å². The summed E-state index contributed by atoms with van der Waals surface area (Å²) < 4.78 is 40.9. The van der Waals surface area contributed by atoms with Gasteiger partial charge in [0.05, 0.1) is 23.8 Å². The highest BCUT2D eigenvalue weighted by molar-refractivity contribution is 6.03. The Kier molecular flexibility index (Phi) is 9.89. The topological polar surface area (TPSA) is 109 Å². The zero-order chi connectivity index (χ0) is 36.7. The molecule has 10 nitrogen and oxygen atoms in total. The molecule has 3 aliphatic heterocycles. The first-order valence-electron chi connectivity index (χ1n) is 18.2. The summed E-state index contributed by atoms with van der Waals surface area (Å²) in [5, 5.41) is 15.8. The number of carbonyl (C=O) groups excluding carboxylic acids is 1. The van der Waals surface area contributed by atoms with Crippen LogP contribution in [-0.4, -0.2) is 85.3 Å². The monoisotopic (exact) mass is 709 g/mol. The second-order valence-electron chi connectivity index (χ2n) is 15.4.